The number of hydrogen-bond donors (Lipinski definition) is 1. The van der Waals surface area contributed by atoms with E-state index in [0.717, 1.165) is 32.6 Å². The minimum atomic E-state index is 0.317. The van der Waals surface area contributed by atoms with Crippen molar-refractivity contribution in [2.24, 2.45) is 11.1 Å². The van der Waals surface area contributed by atoms with Gasteiger partial charge in [-0.2, -0.15) is 11.8 Å². The van der Waals surface area contributed by atoms with Crippen LogP contribution in [-0.2, 0) is 4.74 Å². The van der Waals surface area contributed by atoms with Crippen LogP contribution in [0.25, 0.3) is 0 Å². The van der Waals surface area contributed by atoms with Gasteiger partial charge >= 0.3 is 0 Å². The fraction of sp³-hybridized carbons (Fsp3) is 1.00. The van der Waals surface area contributed by atoms with E-state index in [1.165, 1.54) is 31.8 Å². The number of hydrogen-bond acceptors (Lipinski definition) is 4. The Balaban J connectivity index is 1.91. The summed E-state index contributed by atoms with van der Waals surface area (Å²) in [6, 6.07) is 0. The highest BCUT2D eigenvalue weighted by Gasteiger charge is 2.34. The van der Waals surface area contributed by atoms with Crippen molar-refractivity contribution in [1.29, 1.82) is 0 Å². The second kappa shape index (κ2) is 6.12. The number of nitrogens with zero attached hydrogens (tertiary/aromatic N) is 1. The molecule has 0 unspecified atom stereocenters. The molecule has 2 aliphatic heterocycles. The van der Waals surface area contributed by atoms with Crippen LogP contribution in [0.1, 0.15) is 33.1 Å². The first-order chi connectivity index (χ1) is 8.55. The first-order valence-corrected chi connectivity index (χ1v) is 8.18. The molecular formula is C14H28N2OS. The lowest BCUT2D eigenvalue weighted by Gasteiger charge is -2.40. The van der Waals surface area contributed by atoms with Gasteiger partial charge in [-0.25, -0.2) is 0 Å². The Kier molecular flexibility index (Phi) is 4.98. The fourth-order valence-electron chi connectivity index (χ4n) is 2.93. The van der Waals surface area contributed by atoms with Crippen molar-refractivity contribution in [3.8, 4) is 0 Å². The van der Waals surface area contributed by atoms with Gasteiger partial charge < -0.3 is 15.4 Å². The Morgan fingerprint density at radius 2 is 1.89 bits per heavy atom. The molecule has 0 saturated carbocycles. The van der Waals surface area contributed by atoms with Gasteiger partial charge in [-0.15, -0.1) is 0 Å². The molecule has 0 atom stereocenters. The van der Waals surface area contributed by atoms with Gasteiger partial charge in [0.1, 0.15) is 0 Å². The summed E-state index contributed by atoms with van der Waals surface area (Å²) in [5.41, 5.74) is 6.38. The van der Waals surface area contributed by atoms with Gasteiger partial charge in [0, 0.05) is 36.8 Å². The van der Waals surface area contributed by atoms with Gasteiger partial charge in [0.2, 0.25) is 0 Å². The van der Waals surface area contributed by atoms with Crippen molar-refractivity contribution >= 4 is 11.8 Å². The summed E-state index contributed by atoms with van der Waals surface area (Å²) in [5, 5.41) is 0. The molecule has 106 valence electrons. The predicted octanol–water partition coefficient (Wildman–Crippen LogP) is 1.96. The molecule has 2 N–H and O–H groups in total. The topological polar surface area (TPSA) is 38.5 Å². The van der Waals surface area contributed by atoms with Crippen LogP contribution in [0.15, 0.2) is 0 Å². The van der Waals surface area contributed by atoms with Gasteiger partial charge in [-0.1, -0.05) is 13.8 Å². The molecule has 2 fully saturated rings. The lowest BCUT2D eigenvalue weighted by Crippen LogP contribution is -2.46. The molecule has 0 aromatic heterocycles. The number of rotatable bonds is 3. The number of thioether (sulfide) groups is 1. The van der Waals surface area contributed by atoms with Crippen LogP contribution in [-0.4, -0.2) is 54.8 Å². The standard InChI is InChI=1S/C14H28N2OS/c1-13(2)3-6-16(7-10-18-13)12-14(11-15)4-8-17-9-5-14/h3-12,15H2,1-2H3. The summed E-state index contributed by atoms with van der Waals surface area (Å²) in [6.07, 6.45) is 3.56. The first-order valence-electron chi connectivity index (χ1n) is 7.19. The van der Waals surface area contributed by atoms with Crippen LogP contribution < -0.4 is 5.73 Å². The highest BCUT2D eigenvalue weighted by Crippen LogP contribution is 2.34. The van der Waals surface area contributed by atoms with E-state index in [9.17, 15) is 0 Å². The van der Waals surface area contributed by atoms with E-state index < -0.39 is 0 Å². The molecule has 0 aromatic rings. The summed E-state index contributed by atoms with van der Waals surface area (Å²) in [6.45, 7) is 10.9. The molecule has 0 bridgehead atoms. The quantitative estimate of drug-likeness (QED) is 0.852. The van der Waals surface area contributed by atoms with Crippen molar-refractivity contribution in [2.75, 3.05) is 45.1 Å². The van der Waals surface area contributed by atoms with Crippen molar-refractivity contribution < 1.29 is 4.74 Å². The maximum atomic E-state index is 6.06. The first kappa shape index (κ1) is 14.6. The van der Waals surface area contributed by atoms with Crippen molar-refractivity contribution in [1.82, 2.24) is 4.90 Å². The minimum Gasteiger partial charge on any atom is -0.381 e. The Labute approximate surface area is 116 Å². The third-order valence-corrected chi connectivity index (χ3v) is 5.85. The van der Waals surface area contributed by atoms with E-state index in [2.05, 4.69) is 30.5 Å². The number of ether oxygens (including phenoxy) is 1. The molecule has 0 radical (unpaired) electrons. The number of nitrogens with two attached hydrogens (primary N) is 1. The average molecular weight is 272 g/mol. The fourth-order valence-corrected chi connectivity index (χ4v) is 4.06. The largest absolute Gasteiger partial charge is 0.381 e. The second-order valence-electron chi connectivity index (χ2n) is 6.45. The van der Waals surface area contributed by atoms with Crippen LogP contribution in [0, 0.1) is 5.41 Å². The molecule has 3 nitrogen and oxygen atoms in total. The molecule has 0 aromatic carbocycles. The van der Waals surface area contributed by atoms with Crippen LogP contribution in [0.5, 0.6) is 0 Å². The Morgan fingerprint density at radius 3 is 2.56 bits per heavy atom. The molecule has 2 heterocycles. The molecule has 18 heavy (non-hydrogen) atoms. The van der Waals surface area contributed by atoms with E-state index >= 15 is 0 Å². The Bertz CT molecular complexity index is 265. The molecule has 0 aliphatic carbocycles. The minimum absolute atomic E-state index is 0.317. The molecule has 0 amide bonds. The summed E-state index contributed by atoms with van der Waals surface area (Å²) < 4.78 is 5.94. The highest BCUT2D eigenvalue weighted by molar-refractivity contribution is 8.00. The maximum absolute atomic E-state index is 6.06. The zero-order valence-electron chi connectivity index (χ0n) is 11.9. The predicted molar refractivity (Wildman–Crippen MR) is 79.1 cm³/mol. The van der Waals surface area contributed by atoms with Gasteiger partial charge in [-0.05, 0) is 37.8 Å². The van der Waals surface area contributed by atoms with Crippen molar-refractivity contribution in [2.45, 2.75) is 37.9 Å². The second-order valence-corrected chi connectivity index (χ2v) is 8.25. The van der Waals surface area contributed by atoms with E-state index in [1.54, 1.807) is 0 Å². The van der Waals surface area contributed by atoms with E-state index in [0.29, 0.717) is 10.2 Å². The normalized spacial score (nSPS) is 28.8. The molecular weight excluding hydrogens is 244 g/mol. The van der Waals surface area contributed by atoms with Crippen LogP contribution in [0.4, 0.5) is 0 Å². The third kappa shape index (κ3) is 3.86. The Hall–Kier alpha value is 0.230. The maximum Gasteiger partial charge on any atom is 0.0472 e. The summed E-state index contributed by atoms with van der Waals surface area (Å²) >= 11 is 2.12. The summed E-state index contributed by atoms with van der Waals surface area (Å²) in [5.74, 6) is 1.25. The molecule has 4 heteroatoms. The van der Waals surface area contributed by atoms with Crippen LogP contribution >= 0.6 is 11.8 Å². The zero-order chi connectivity index (χ0) is 13.1. The van der Waals surface area contributed by atoms with E-state index in [1.807, 2.05) is 0 Å². The third-order valence-electron chi connectivity index (χ3n) is 4.48. The van der Waals surface area contributed by atoms with Crippen LogP contribution in [0.3, 0.4) is 0 Å². The monoisotopic (exact) mass is 272 g/mol. The van der Waals surface area contributed by atoms with Gasteiger partial charge in [0.05, 0.1) is 0 Å². The highest BCUT2D eigenvalue weighted by atomic mass is 32.2. The summed E-state index contributed by atoms with van der Waals surface area (Å²) in [4.78, 5) is 2.64. The smallest absolute Gasteiger partial charge is 0.0472 e. The average Bonchev–Trinajstić information content (AvgIpc) is 2.52. The SMILES string of the molecule is CC1(C)CCN(CC2(CN)CCOCC2)CCS1. The zero-order valence-corrected chi connectivity index (χ0v) is 12.7. The molecule has 2 aliphatic rings. The Morgan fingerprint density at radius 1 is 1.17 bits per heavy atom. The van der Waals surface area contributed by atoms with Crippen molar-refractivity contribution in [3.05, 3.63) is 0 Å². The van der Waals surface area contributed by atoms with Crippen molar-refractivity contribution in [3.63, 3.8) is 0 Å². The lowest BCUT2D eigenvalue weighted by atomic mass is 9.79. The van der Waals surface area contributed by atoms with Crippen LogP contribution in [0.2, 0.25) is 0 Å². The van der Waals surface area contributed by atoms with Gasteiger partial charge in [-0.3, -0.25) is 0 Å². The lowest BCUT2D eigenvalue weighted by molar-refractivity contribution is 0.000680. The van der Waals surface area contributed by atoms with Gasteiger partial charge in [0.15, 0.2) is 0 Å². The van der Waals surface area contributed by atoms with E-state index in [4.69, 9.17) is 10.5 Å². The summed E-state index contributed by atoms with van der Waals surface area (Å²) in [7, 11) is 0. The van der Waals surface area contributed by atoms with E-state index in [-0.39, 0.29) is 0 Å². The molecule has 2 rings (SSSR count). The molecule has 2 saturated heterocycles. The molecule has 0 spiro atoms. The van der Waals surface area contributed by atoms with Gasteiger partial charge in [0.25, 0.3) is 0 Å².